The van der Waals surface area contributed by atoms with Gasteiger partial charge in [0.1, 0.15) is 5.60 Å². The van der Waals surface area contributed by atoms with E-state index in [1.165, 1.54) is 11.1 Å². The average Bonchev–Trinajstić information content (AvgIpc) is 2.46. The number of guanidine groups is 1. The molecule has 128 valence electrons. The highest BCUT2D eigenvalue weighted by Gasteiger charge is 2.15. The number of carbonyl (C=O) groups is 1. The number of aliphatic imine (C=N–C) groups is 1. The third-order valence-electron chi connectivity index (χ3n) is 3.02. The number of alkyl carbamates (subject to hydrolysis) is 1. The van der Waals surface area contributed by atoms with Gasteiger partial charge >= 0.3 is 6.09 Å². The van der Waals surface area contributed by atoms with E-state index >= 15 is 0 Å². The van der Waals surface area contributed by atoms with Crippen LogP contribution in [0.4, 0.5) is 4.79 Å². The molecule has 0 saturated carbocycles. The standard InChI is InChI=1S/C17H28N4O2/c1-13-8-6-7-9-14(13)12-21-15(18-5)19-10-11-20-16(22)23-17(2,3)4/h6-9H,10-12H2,1-5H3,(H,20,22)(H2,18,19,21). The molecule has 3 N–H and O–H groups in total. The maximum atomic E-state index is 11.5. The first-order valence-corrected chi connectivity index (χ1v) is 7.77. The molecule has 0 radical (unpaired) electrons. The van der Waals surface area contributed by atoms with E-state index in [1.807, 2.05) is 32.9 Å². The lowest BCUT2D eigenvalue weighted by atomic mass is 10.1. The largest absolute Gasteiger partial charge is 0.444 e. The summed E-state index contributed by atoms with van der Waals surface area (Å²) in [7, 11) is 1.72. The number of aryl methyl sites for hydroxylation is 1. The van der Waals surface area contributed by atoms with E-state index in [9.17, 15) is 4.79 Å². The molecular formula is C17H28N4O2. The van der Waals surface area contributed by atoms with Crippen LogP contribution in [-0.2, 0) is 11.3 Å². The smallest absolute Gasteiger partial charge is 0.407 e. The van der Waals surface area contributed by atoms with Crippen LogP contribution in [-0.4, -0.2) is 37.8 Å². The second-order valence-corrected chi connectivity index (χ2v) is 6.21. The summed E-state index contributed by atoms with van der Waals surface area (Å²) in [5.74, 6) is 0.694. The molecule has 0 aliphatic heterocycles. The molecule has 1 amide bonds. The number of ether oxygens (including phenoxy) is 1. The van der Waals surface area contributed by atoms with E-state index in [0.717, 1.165) is 0 Å². The van der Waals surface area contributed by atoms with Gasteiger partial charge in [0.15, 0.2) is 5.96 Å². The normalized spacial score (nSPS) is 11.8. The van der Waals surface area contributed by atoms with Gasteiger partial charge in [0, 0.05) is 26.7 Å². The van der Waals surface area contributed by atoms with Crippen LogP contribution in [0.5, 0.6) is 0 Å². The zero-order valence-corrected chi connectivity index (χ0v) is 14.7. The summed E-state index contributed by atoms with van der Waals surface area (Å²) in [6.45, 7) is 9.31. The number of rotatable bonds is 5. The molecule has 0 saturated heterocycles. The Bertz CT molecular complexity index is 536. The molecule has 0 bridgehead atoms. The van der Waals surface area contributed by atoms with Crippen molar-refractivity contribution < 1.29 is 9.53 Å². The third kappa shape index (κ3) is 8.09. The first-order chi connectivity index (χ1) is 10.8. The third-order valence-corrected chi connectivity index (χ3v) is 3.02. The van der Waals surface area contributed by atoms with E-state index in [1.54, 1.807) is 7.05 Å². The lowest BCUT2D eigenvalue weighted by Crippen LogP contribution is -2.42. The Morgan fingerprint density at radius 1 is 1.13 bits per heavy atom. The molecule has 1 aromatic carbocycles. The molecule has 6 nitrogen and oxygen atoms in total. The Morgan fingerprint density at radius 2 is 1.78 bits per heavy atom. The number of amides is 1. The van der Waals surface area contributed by atoms with Crippen LogP contribution in [0.1, 0.15) is 31.9 Å². The van der Waals surface area contributed by atoms with E-state index in [-0.39, 0.29) is 0 Å². The van der Waals surface area contributed by atoms with Crippen molar-refractivity contribution in [2.45, 2.75) is 39.8 Å². The molecule has 1 aromatic rings. The highest BCUT2D eigenvalue weighted by atomic mass is 16.6. The van der Waals surface area contributed by atoms with Crippen LogP contribution < -0.4 is 16.0 Å². The van der Waals surface area contributed by atoms with E-state index in [4.69, 9.17) is 4.74 Å². The number of benzene rings is 1. The zero-order valence-electron chi connectivity index (χ0n) is 14.7. The summed E-state index contributed by atoms with van der Waals surface area (Å²) in [5.41, 5.74) is 1.98. The van der Waals surface area contributed by atoms with Crippen molar-refractivity contribution in [3.8, 4) is 0 Å². The van der Waals surface area contributed by atoms with E-state index < -0.39 is 11.7 Å². The predicted octanol–water partition coefficient (Wildman–Crippen LogP) is 2.18. The summed E-state index contributed by atoms with van der Waals surface area (Å²) in [6.07, 6.45) is -0.415. The Balaban J connectivity index is 2.27. The lowest BCUT2D eigenvalue weighted by molar-refractivity contribution is 0.0529. The Kier molecular flexibility index (Phi) is 7.38. The SMILES string of the molecule is CN=C(NCCNC(=O)OC(C)(C)C)NCc1ccccc1C. The van der Waals surface area contributed by atoms with Crippen molar-refractivity contribution >= 4 is 12.1 Å². The van der Waals surface area contributed by atoms with Gasteiger partial charge in [-0.3, -0.25) is 4.99 Å². The highest BCUT2D eigenvalue weighted by Crippen LogP contribution is 2.06. The van der Waals surface area contributed by atoms with Crippen molar-refractivity contribution in [3.63, 3.8) is 0 Å². The van der Waals surface area contributed by atoms with Crippen molar-refractivity contribution in [3.05, 3.63) is 35.4 Å². The van der Waals surface area contributed by atoms with Gasteiger partial charge in [0.05, 0.1) is 0 Å². The van der Waals surface area contributed by atoms with E-state index in [0.29, 0.717) is 25.6 Å². The van der Waals surface area contributed by atoms with Crippen LogP contribution in [0.25, 0.3) is 0 Å². The van der Waals surface area contributed by atoms with Crippen molar-refractivity contribution in [1.82, 2.24) is 16.0 Å². The fourth-order valence-corrected chi connectivity index (χ4v) is 1.87. The van der Waals surface area contributed by atoms with Crippen LogP contribution >= 0.6 is 0 Å². The van der Waals surface area contributed by atoms with E-state index in [2.05, 4.69) is 40.0 Å². The molecule has 0 aromatic heterocycles. The summed E-state index contributed by atoms with van der Waals surface area (Å²) in [4.78, 5) is 15.7. The second kappa shape index (κ2) is 9.02. The number of carbonyl (C=O) groups excluding carboxylic acids is 1. The molecule has 0 unspecified atom stereocenters. The summed E-state index contributed by atoms with van der Waals surface area (Å²) in [6, 6.07) is 8.21. The first kappa shape index (κ1) is 18.8. The van der Waals surface area contributed by atoms with Gasteiger partial charge in [-0.2, -0.15) is 0 Å². The molecule has 0 fully saturated rings. The minimum Gasteiger partial charge on any atom is -0.444 e. The van der Waals surface area contributed by atoms with Gasteiger partial charge in [-0.1, -0.05) is 24.3 Å². The van der Waals surface area contributed by atoms with Crippen molar-refractivity contribution in [1.29, 1.82) is 0 Å². The maximum absolute atomic E-state index is 11.5. The molecule has 0 spiro atoms. The van der Waals surface area contributed by atoms with Crippen LogP contribution in [0, 0.1) is 6.92 Å². The first-order valence-electron chi connectivity index (χ1n) is 7.77. The number of hydrogen-bond donors (Lipinski definition) is 3. The highest BCUT2D eigenvalue weighted by molar-refractivity contribution is 5.79. The van der Waals surface area contributed by atoms with Gasteiger partial charge < -0.3 is 20.7 Å². The molecule has 0 aliphatic carbocycles. The van der Waals surface area contributed by atoms with Gasteiger partial charge in [0.2, 0.25) is 0 Å². The summed E-state index contributed by atoms with van der Waals surface area (Å²) < 4.78 is 5.17. The number of nitrogens with one attached hydrogen (secondary N) is 3. The minimum atomic E-state index is -0.483. The van der Waals surface area contributed by atoms with Gasteiger partial charge in [-0.05, 0) is 38.8 Å². The summed E-state index contributed by atoms with van der Waals surface area (Å²) >= 11 is 0. The molecule has 0 atom stereocenters. The minimum absolute atomic E-state index is 0.415. The Labute approximate surface area is 138 Å². The monoisotopic (exact) mass is 320 g/mol. The zero-order chi connectivity index (χ0) is 17.3. The van der Waals surface area contributed by atoms with Crippen molar-refractivity contribution in [2.75, 3.05) is 20.1 Å². The maximum Gasteiger partial charge on any atom is 0.407 e. The molecule has 6 heteroatoms. The number of nitrogens with zero attached hydrogens (tertiary/aromatic N) is 1. The van der Waals surface area contributed by atoms with Crippen LogP contribution in [0.2, 0.25) is 0 Å². The fraction of sp³-hybridized carbons (Fsp3) is 0.529. The lowest BCUT2D eigenvalue weighted by Gasteiger charge is -2.20. The van der Waals surface area contributed by atoms with Gasteiger partial charge in [0.25, 0.3) is 0 Å². The van der Waals surface area contributed by atoms with Crippen LogP contribution in [0.15, 0.2) is 29.3 Å². The molecule has 23 heavy (non-hydrogen) atoms. The molecule has 0 aliphatic rings. The van der Waals surface area contributed by atoms with Gasteiger partial charge in [-0.25, -0.2) is 4.79 Å². The van der Waals surface area contributed by atoms with Gasteiger partial charge in [-0.15, -0.1) is 0 Å². The topological polar surface area (TPSA) is 74.8 Å². The quantitative estimate of drug-likeness (QED) is 0.442. The van der Waals surface area contributed by atoms with Crippen LogP contribution in [0.3, 0.4) is 0 Å². The average molecular weight is 320 g/mol. The van der Waals surface area contributed by atoms with Crippen molar-refractivity contribution in [2.24, 2.45) is 4.99 Å². The number of hydrogen-bond acceptors (Lipinski definition) is 3. The molecular weight excluding hydrogens is 292 g/mol. The predicted molar refractivity (Wildman–Crippen MR) is 93.6 cm³/mol. The second-order valence-electron chi connectivity index (χ2n) is 6.21. The Morgan fingerprint density at radius 3 is 2.39 bits per heavy atom. The molecule has 1 rings (SSSR count). The Hall–Kier alpha value is -2.24. The fourth-order valence-electron chi connectivity index (χ4n) is 1.87. The summed E-state index contributed by atoms with van der Waals surface area (Å²) in [5, 5.41) is 9.09. The molecule has 0 heterocycles.